The number of piperazine rings is 1. The van der Waals surface area contributed by atoms with E-state index in [0.717, 1.165) is 24.1 Å². The van der Waals surface area contributed by atoms with Gasteiger partial charge in [0.2, 0.25) is 0 Å². The SMILES string of the molecule is CCc1ccc(C2CNCCN2C(=O)c2ccc([N+](=O)[O-])cc2F)cc1.Cl. The molecule has 6 nitrogen and oxygen atoms in total. The van der Waals surface area contributed by atoms with Crippen LogP contribution < -0.4 is 5.32 Å². The second-order valence-corrected chi connectivity index (χ2v) is 6.23. The predicted molar refractivity (Wildman–Crippen MR) is 103 cm³/mol. The summed E-state index contributed by atoms with van der Waals surface area (Å²) in [4.78, 5) is 24.6. The minimum atomic E-state index is -0.872. The third kappa shape index (κ3) is 4.43. The Hall–Kier alpha value is -2.51. The molecule has 3 rings (SSSR count). The Morgan fingerprint density at radius 1 is 1.30 bits per heavy atom. The van der Waals surface area contributed by atoms with E-state index in [1.165, 1.54) is 11.6 Å². The van der Waals surface area contributed by atoms with Crippen molar-refractivity contribution in [1.29, 1.82) is 0 Å². The summed E-state index contributed by atoms with van der Waals surface area (Å²) >= 11 is 0. The molecule has 0 spiro atoms. The van der Waals surface area contributed by atoms with Gasteiger partial charge in [-0.25, -0.2) is 4.39 Å². The van der Waals surface area contributed by atoms with Crippen molar-refractivity contribution in [3.8, 4) is 0 Å². The maximum atomic E-state index is 14.3. The zero-order valence-electron chi connectivity index (χ0n) is 14.9. The van der Waals surface area contributed by atoms with Gasteiger partial charge in [0.05, 0.1) is 22.6 Å². The molecule has 1 unspecified atom stereocenters. The lowest BCUT2D eigenvalue weighted by Crippen LogP contribution is -2.48. The first-order chi connectivity index (χ1) is 12.5. The van der Waals surface area contributed by atoms with Crippen LogP contribution in [0.25, 0.3) is 0 Å². The molecule has 1 fully saturated rings. The molecule has 0 saturated carbocycles. The van der Waals surface area contributed by atoms with Crippen LogP contribution in [0.3, 0.4) is 0 Å². The minimum Gasteiger partial charge on any atom is -0.329 e. The molecule has 1 aliphatic rings. The smallest absolute Gasteiger partial charge is 0.272 e. The van der Waals surface area contributed by atoms with Crippen LogP contribution in [0.1, 0.15) is 34.5 Å². The molecule has 1 amide bonds. The second kappa shape index (κ2) is 8.92. The number of nitro groups is 1. The highest BCUT2D eigenvalue weighted by Gasteiger charge is 2.30. The Labute approximate surface area is 162 Å². The summed E-state index contributed by atoms with van der Waals surface area (Å²) in [5.41, 5.74) is 1.67. The molecule has 27 heavy (non-hydrogen) atoms. The van der Waals surface area contributed by atoms with E-state index in [2.05, 4.69) is 12.2 Å². The number of halogens is 2. The zero-order chi connectivity index (χ0) is 18.7. The number of nitrogens with zero attached hydrogens (tertiary/aromatic N) is 2. The first-order valence-corrected chi connectivity index (χ1v) is 8.55. The molecule has 0 bridgehead atoms. The Morgan fingerprint density at radius 3 is 2.59 bits per heavy atom. The van der Waals surface area contributed by atoms with E-state index in [-0.39, 0.29) is 29.7 Å². The van der Waals surface area contributed by atoms with E-state index in [1.54, 1.807) is 4.90 Å². The molecule has 1 atom stereocenters. The highest BCUT2D eigenvalue weighted by atomic mass is 35.5. The lowest BCUT2D eigenvalue weighted by Gasteiger charge is -2.36. The fourth-order valence-corrected chi connectivity index (χ4v) is 3.17. The summed E-state index contributed by atoms with van der Waals surface area (Å²) in [6.45, 7) is 3.70. The van der Waals surface area contributed by atoms with Gasteiger partial charge in [-0.15, -0.1) is 12.4 Å². The quantitative estimate of drug-likeness (QED) is 0.637. The Balaban J connectivity index is 0.00000261. The molecular weight excluding hydrogens is 373 g/mol. The number of hydrogen-bond donors (Lipinski definition) is 1. The van der Waals surface area contributed by atoms with E-state index in [9.17, 15) is 19.3 Å². The largest absolute Gasteiger partial charge is 0.329 e. The topological polar surface area (TPSA) is 75.5 Å². The zero-order valence-corrected chi connectivity index (χ0v) is 15.7. The molecule has 0 aliphatic carbocycles. The van der Waals surface area contributed by atoms with Crippen molar-refractivity contribution in [2.24, 2.45) is 0 Å². The fourth-order valence-electron chi connectivity index (χ4n) is 3.17. The number of rotatable bonds is 4. The minimum absolute atomic E-state index is 0. The number of amides is 1. The van der Waals surface area contributed by atoms with Crippen molar-refractivity contribution in [2.45, 2.75) is 19.4 Å². The molecule has 1 saturated heterocycles. The summed E-state index contributed by atoms with van der Waals surface area (Å²) < 4.78 is 14.3. The lowest BCUT2D eigenvalue weighted by atomic mass is 10.00. The third-order valence-electron chi connectivity index (χ3n) is 4.67. The van der Waals surface area contributed by atoms with Gasteiger partial charge >= 0.3 is 0 Å². The molecule has 2 aromatic rings. The van der Waals surface area contributed by atoms with E-state index in [1.807, 2.05) is 24.3 Å². The molecule has 1 heterocycles. The maximum absolute atomic E-state index is 14.3. The molecule has 144 valence electrons. The van der Waals surface area contributed by atoms with Gasteiger partial charge in [-0.1, -0.05) is 31.2 Å². The van der Waals surface area contributed by atoms with Crippen molar-refractivity contribution >= 4 is 24.0 Å². The van der Waals surface area contributed by atoms with Crippen LogP contribution in [0.5, 0.6) is 0 Å². The summed E-state index contributed by atoms with van der Waals surface area (Å²) in [7, 11) is 0. The number of aryl methyl sites for hydroxylation is 1. The average Bonchev–Trinajstić information content (AvgIpc) is 2.67. The number of carbonyl (C=O) groups excluding carboxylic acids is 1. The molecule has 8 heteroatoms. The van der Waals surface area contributed by atoms with Gasteiger partial charge in [0.1, 0.15) is 5.82 Å². The standard InChI is InChI=1S/C19H20FN3O3.ClH/c1-2-13-3-5-14(6-4-13)18-12-21-9-10-22(18)19(24)16-8-7-15(23(25)26)11-17(16)20;/h3-8,11,18,21H,2,9-10,12H2,1H3;1H. The van der Waals surface area contributed by atoms with Gasteiger partial charge < -0.3 is 10.2 Å². The van der Waals surface area contributed by atoms with Gasteiger partial charge in [0.15, 0.2) is 0 Å². The third-order valence-corrected chi connectivity index (χ3v) is 4.67. The van der Waals surface area contributed by atoms with Gasteiger partial charge in [-0.2, -0.15) is 0 Å². The maximum Gasteiger partial charge on any atom is 0.272 e. The van der Waals surface area contributed by atoms with E-state index < -0.39 is 16.6 Å². The Morgan fingerprint density at radius 2 is 2.00 bits per heavy atom. The van der Waals surface area contributed by atoms with Crippen LogP contribution in [0.15, 0.2) is 42.5 Å². The van der Waals surface area contributed by atoms with Crippen molar-refractivity contribution in [2.75, 3.05) is 19.6 Å². The summed E-state index contributed by atoms with van der Waals surface area (Å²) in [5, 5.41) is 14.0. The molecule has 2 aromatic carbocycles. The van der Waals surface area contributed by atoms with Crippen molar-refractivity contribution in [3.63, 3.8) is 0 Å². The molecule has 1 aliphatic heterocycles. The summed E-state index contributed by atoms with van der Waals surface area (Å²) in [5.74, 6) is -1.33. The first-order valence-electron chi connectivity index (χ1n) is 8.55. The van der Waals surface area contributed by atoms with Crippen LogP contribution in [0, 0.1) is 15.9 Å². The first kappa shape index (κ1) is 20.8. The number of nitro benzene ring substituents is 1. The van der Waals surface area contributed by atoms with Gasteiger partial charge in [0, 0.05) is 25.7 Å². The predicted octanol–water partition coefficient (Wildman–Crippen LogP) is 3.50. The summed E-state index contributed by atoms with van der Waals surface area (Å²) in [6.07, 6.45) is 0.930. The van der Waals surface area contributed by atoms with Crippen LogP contribution in [0.2, 0.25) is 0 Å². The average molecular weight is 394 g/mol. The van der Waals surface area contributed by atoms with E-state index in [4.69, 9.17) is 0 Å². The highest BCUT2D eigenvalue weighted by molar-refractivity contribution is 5.95. The lowest BCUT2D eigenvalue weighted by molar-refractivity contribution is -0.385. The van der Waals surface area contributed by atoms with Gasteiger partial charge in [0.25, 0.3) is 11.6 Å². The van der Waals surface area contributed by atoms with Crippen LogP contribution >= 0.6 is 12.4 Å². The van der Waals surface area contributed by atoms with Gasteiger partial charge in [-0.3, -0.25) is 14.9 Å². The number of benzene rings is 2. The van der Waals surface area contributed by atoms with Crippen molar-refractivity contribution in [3.05, 3.63) is 75.1 Å². The van der Waals surface area contributed by atoms with E-state index >= 15 is 0 Å². The number of carbonyl (C=O) groups is 1. The Bertz CT molecular complexity index is 829. The van der Waals surface area contributed by atoms with Gasteiger partial charge in [-0.05, 0) is 23.6 Å². The normalized spacial score (nSPS) is 16.5. The molecule has 0 aromatic heterocycles. The van der Waals surface area contributed by atoms with Crippen LogP contribution in [-0.2, 0) is 6.42 Å². The van der Waals surface area contributed by atoms with Crippen molar-refractivity contribution in [1.82, 2.24) is 10.2 Å². The van der Waals surface area contributed by atoms with Crippen LogP contribution in [0.4, 0.5) is 10.1 Å². The Kier molecular flexibility index (Phi) is 6.87. The number of hydrogen-bond acceptors (Lipinski definition) is 4. The highest BCUT2D eigenvalue weighted by Crippen LogP contribution is 2.26. The molecular formula is C19H21ClFN3O3. The summed E-state index contributed by atoms with van der Waals surface area (Å²) in [6, 6.07) is 11.0. The van der Waals surface area contributed by atoms with E-state index in [0.29, 0.717) is 19.6 Å². The molecule has 1 N–H and O–H groups in total. The van der Waals surface area contributed by atoms with Crippen LogP contribution in [-0.4, -0.2) is 35.4 Å². The monoisotopic (exact) mass is 393 g/mol. The number of non-ortho nitro benzene ring substituents is 1. The number of nitrogens with one attached hydrogen (secondary N) is 1. The second-order valence-electron chi connectivity index (χ2n) is 6.23. The fraction of sp³-hybridized carbons (Fsp3) is 0.316. The van der Waals surface area contributed by atoms with Crippen molar-refractivity contribution < 1.29 is 14.1 Å². The molecule has 0 radical (unpaired) electrons.